The maximum absolute atomic E-state index is 5.79. The lowest BCUT2D eigenvalue weighted by Crippen LogP contribution is -2.14. The monoisotopic (exact) mass is 152 g/mol. The van der Waals surface area contributed by atoms with Crippen LogP contribution in [-0.2, 0) is 0 Å². The van der Waals surface area contributed by atoms with Crippen molar-refractivity contribution in [3.05, 3.63) is 0 Å². The molecule has 62 valence electrons. The minimum absolute atomic E-state index is 0.598. The molecule has 0 radical (unpaired) electrons. The van der Waals surface area contributed by atoms with Gasteiger partial charge in [-0.15, -0.1) is 0 Å². The van der Waals surface area contributed by atoms with Crippen LogP contribution in [0.2, 0.25) is 0 Å². The molecule has 2 nitrogen and oxygen atoms in total. The topological polar surface area (TPSA) is 38.4 Å². The Bertz CT molecular complexity index is 182. The standard InChI is InChI=1S/C9H16N2/c1-2-6-5-8(6)11-9(10)7-3-4-7/h6-8H,2-5H2,1H3,(H2,10,11). The highest BCUT2D eigenvalue weighted by atomic mass is 14.9. The van der Waals surface area contributed by atoms with E-state index < -0.39 is 0 Å². The molecule has 0 saturated heterocycles. The van der Waals surface area contributed by atoms with Crippen LogP contribution < -0.4 is 5.73 Å². The van der Waals surface area contributed by atoms with Gasteiger partial charge in [-0.25, -0.2) is 0 Å². The van der Waals surface area contributed by atoms with Crippen LogP contribution in [-0.4, -0.2) is 11.9 Å². The van der Waals surface area contributed by atoms with Gasteiger partial charge in [0.25, 0.3) is 0 Å². The second-order valence-electron chi connectivity index (χ2n) is 3.80. The van der Waals surface area contributed by atoms with Crippen LogP contribution in [0.5, 0.6) is 0 Å². The van der Waals surface area contributed by atoms with E-state index in [4.69, 9.17) is 5.73 Å². The van der Waals surface area contributed by atoms with Gasteiger partial charge in [0, 0.05) is 5.92 Å². The van der Waals surface area contributed by atoms with E-state index in [-0.39, 0.29) is 0 Å². The zero-order valence-corrected chi connectivity index (χ0v) is 7.09. The fourth-order valence-corrected chi connectivity index (χ4v) is 1.50. The lowest BCUT2D eigenvalue weighted by atomic mass is 10.3. The summed E-state index contributed by atoms with van der Waals surface area (Å²) in [6.07, 6.45) is 5.10. The van der Waals surface area contributed by atoms with Crippen LogP contribution in [0.3, 0.4) is 0 Å². The molecule has 0 aromatic carbocycles. The first-order chi connectivity index (χ1) is 5.31. The summed E-state index contributed by atoms with van der Waals surface area (Å²) in [4.78, 5) is 4.50. The smallest absolute Gasteiger partial charge is 0.0971 e. The van der Waals surface area contributed by atoms with Crippen LogP contribution >= 0.6 is 0 Å². The largest absolute Gasteiger partial charge is 0.387 e. The van der Waals surface area contributed by atoms with E-state index in [1.165, 1.54) is 25.7 Å². The SMILES string of the molecule is CCC1CC1N=C(N)C1CC1. The number of aliphatic imine (C=N–C) groups is 1. The fourth-order valence-electron chi connectivity index (χ4n) is 1.50. The molecule has 2 rings (SSSR count). The van der Waals surface area contributed by atoms with Crippen molar-refractivity contribution < 1.29 is 0 Å². The Labute approximate surface area is 67.9 Å². The average Bonchev–Trinajstić information content (AvgIpc) is 2.84. The van der Waals surface area contributed by atoms with Crippen LogP contribution in [0, 0.1) is 11.8 Å². The molecule has 0 spiro atoms. The first-order valence-corrected chi connectivity index (χ1v) is 4.64. The molecule has 2 aliphatic rings. The van der Waals surface area contributed by atoms with Gasteiger partial charge in [0.2, 0.25) is 0 Å². The molecule has 2 atom stereocenters. The zero-order chi connectivity index (χ0) is 7.84. The van der Waals surface area contributed by atoms with Gasteiger partial charge < -0.3 is 5.73 Å². The van der Waals surface area contributed by atoms with Gasteiger partial charge in [-0.3, -0.25) is 4.99 Å². The fraction of sp³-hybridized carbons (Fsp3) is 0.889. The molecule has 2 N–H and O–H groups in total. The van der Waals surface area contributed by atoms with E-state index in [2.05, 4.69) is 11.9 Å². The van der Waals surface area contributed by atoms with Crippen molar-refractivity contribution in [2.24, 2.45) is 22.6 Å². The molecule has 11 heavy (non-hydrogen) atoms. The van der Waals surface area contributed by atoms with E-state index >= 15 is 0 Å². The van der Waals surface area contributed by atoms with Crippen molar-refractivity contribution in [3.63, 3.8) is 0 Å². The number of nitrogens with zero attached hydrogens (tertiary/aromatic N) is 1. The second-order valence-corrected chi connectivity index (χ2v) is 3.80. The maximum atomic E-state index is 5.79. The molecule has 2 unspecified atom stereocenters. The highest BCUT2D eigenvalue weighted by Gasteiger charge is 2.36. The zero-order valence-electron chi connectivity index (χ0n) is 7.09. The molecule has 2 heteroatoms. The van der Waals surface area contributed by atoms with Gasteiger partial charge in [-0.05, 0) is 25.2 Å². The summed E-state index contributed by atoms with van der Waals surface area (Å²) >= 11 is 0. The van der Waals surface area contributed by atoms with Crippen molar-refractivity contribution in [1.29, 1.82) is 0 Å². The van der Waals surface area contributed by atoms with Gasteiger partial charge in [0.05, 0.1) is 11.9 Å². The predicted molar refractivity (Wildman–Crippen MR) is 46.5 cm³/mol. The van der Waals surface area contributed by atoms with Crippen LogP contribution in [0.4, 0.5) is 0 Å². The molecule has 0 aliphatic heterocycles. The third kappa shape index (κ3) is 1.55. The highest BCUT2D eigenvalue weighted by molar-refractivity contribution is 5.85. The summed E-state index contributed by atoms with van der Waals surface area (Å²) < 4.78 is 0. The summed E-state index contributed by atoms with van der Waals surface area (Å²) in [5.74, 6) is 2.45. The minimum Gasteiger partial charge on any atom is -0.387 e. The maximum Gasteiger partial charge on any atom is 0.0971 e. The summed E-state index contributed by atoms with van der Waals surface area (Å²) in [7, 11) is 0. The van der Waals surface area contributed by atoms with Crippen molar-refractivity contribution in [2.75, 3.05) is 0 Å². The van der Waals surface area contributed by atoms with Crippen molar-refractivity contribution in [2.45, 2.75) is 38.6 Å². The summed E-state index contributed by atoms with van der Waals surface area (Å²) in [6.45, 7) is 2.23. The molecular formula is C9H16N2. The Kier molecular flexibility index (Phi) is 1.63. The molecule has 0 aromatic heterocycles. The Hall–Kier alpha value is -0.530. The third-order valence-electron chi connectivity index (χ3n) is 2.72. The van der Waals surface area contributed by atoms with Gasteiger partial charge in [0.15, 0.2) is 0 Å². The van der Waals surface area contributed by atoms with Crippen molar-refractivity contribution in [1.82, 2.24) is 0 Å². The summed E-state index contributed by atoms with van der Waals surface area (Å²) in [5, 5.41) is 0. The van der Waals surface area contributed by atoms with E-state index in [9.17, 15) is 0 Å². The van der Waals surface area contributed by atoms with E-state index in [1.807, 2.05) is 0 Å². The molecule has 0 amide bonds. The third-order valence-corrected chi connectivity index (χ3v) is 2.72. The number of hydrogen-bond acceptors (Lipinski definition) is 1. The summed E-state index contributed by atoms with van der Waals surface area (Å²) in [6, 6.07) is 0.598. The number of rotatable bonds is 3. The van der Waals surface area contributed by atoms with Gasteiger partial charge in [0.1, 0.15) is 0 Å². The Balaban J connectivity index is 1.83. The predicted octanol–water partition coefficient (Wildman–Crippen LogP) is 1.55. The molecule has 0 heterocycles. The average molecular weight is 152 g/mol. The molecule has 0 bridgehead atoms. The van der Waals surface area contributed by atoms with Gasteiger partial charge in [-0.1, -0.05) is 13.3 Å². The second kappa shape index (κ2) is 2.50. The first-order valence-electron chi connectivity index (χ1n) is 4.64. The minimum atomic E-state index is 0.598. The lowest BCUT2D eigenvalue weighted by Gasteiger charge is -1.95. The molecule has 2 aliphatic carbocycles. The Morgan fingerprint density at radius 2 is 2.27 bits per heavy atom. The normalized spacial score (nSPS) is 37.4. The lowest BCUT2D eigenvalue weighted by molar-refractivity contribution is 0.757. The van der Waals surface area contributed by atoms with Crippen LogP contribution in [0.25, 0.3) is 0 Å². The highest BCUT2D eigenvalue weighted by Crippen LogP contribution is 2.38. The Morgan fingerprint density at radius 1 is 1.55 bits per heavy atom. The van der Waals surface area contributed by atoms with E-state index in [1.54, 1.807) is 0 Å². The Morgan fingerprint density at radius 3 is 2.73 bits per heavy atom. The van der Waals surface area contributed by atoms with E-state index in [0.717, 1.165) is 11.8 Å². The molecular weight excluding hydrogens is 136 g/mol. The number of hydrogen-bond donors (Lipinski definition) is 1. The summed E-state index contributed by atoms with van der Waals surface area (Å²) in [5.41, 5.74) is 5.79. The van der Waals surface area contributed by atoms with E-state index in [0.29, 0.717) is 12.0 Å². The first kappa shape index (κ1) is 7.14. The quantitative estimate of drug-likeness (QED) is 0.483. The van der Waals surface area contributed by atoms with Crippen LogP contribution in [0.1, 0.15) is 32.6 Å². The molecule has 2 fully saturated rings. The number of nitrogens with two attached hydrogens (primary N) is 1. The number of amidine groups is 1. The van der Waals surface area contributed by atoms with Crippen molar-refractivity contribution >= 4 is 5.84 Å². The molecule has 0 aromatic rings. The van der Waals surface area contributed by atoms with Crippen molar-refractivity contribution in [3.8, 4) is 0 Å². The molecule has 2 saturated carbocycles. The van der Waals surface area contributed by atoms with Gasteiger partial charge in [-0.2, -0.15) is 0 Å². The van der Waals surface area contributed by atoms with Gasteiger partial charge >= 0.3 is 0 Å². The van der Waals surface area contributed by atoms with Crippen LogP contribution in [0.15, 0.2) is 4.99 Å².